The van der Waals surface area contributed by atoms with Crippen molar-refractivity contribution in [3.8, 4) is 0 Å². The summed E-state index contributed by atoms with van der Waals surface area (Å²) < 4.78 is 1.01. The molecule has 1 heterocycles. The molecule has 5 heteroatoms. The van der Waals surface area contributed by atoms with Gasteiger partial charge in [0.2, 0.25) is 5.95 Å². The van der Waals surface area contributed by atoms with Crippen LogP contribution in [0.1, 0.15) is 16.8 Å². The lowest BCUT2D eigenvalue weighted by molar-refractivity contribution is 1.05. The zero-order chi connectivity index (χ0) is 16.9. The van der Waals surface area contributed by atoms with Gasteiger partial charge in [-0.15, -0.1) is 0 Å². The minimum Gasteiger partial charge on any atom is -0.366 e. The molecule has 0 saturated heterocycles. The van der Waals surface area contributed by atoms with Gasteiger partial charge in [-0.2, -0.15) is 4.98 Å². The summed E-state index contributed by atoms with van der Waals surface area (Å²) in [6, 6.07) is 18.2. The molecule has 0 atom stereocenters. The molecule has 0 aliphatic heterocycles. The van der Waals surface area contributed by atoms with Crippen molar-refractivity contribution >= 4 is 33.4 Å². The van der Waals surface area contributed by atoms with E-state index < -0.39 is 0 Å². The Kier molecular flexibility index (Phi) is 5.11. The molecule has 3 rings (SSSR count). The van der Waals surface area contributed by atoms with Gasteiger partial charge in [-0.25, -0.2) is 4.98 Å². The summed E-state index contributed by atoms with van der Waals surface area (Å²) in [4.78, 5) is 9.01. The van der Waals surface area contributed by atoms with E-state index in [9.17, 15) is 0 Å². The summed E-state index contributed by atoms with van der Waals surface area (Å²) in [5.41, 5.74) is 4.38. The van der Waals surface area contributed by atoms with Crippen LogP contribution in [-0.4, -0.2) is 9.97 Å². The first kappa shape index (κ1) is 16.5. The van der Waals surface area contributed by atoms with Crippen molar-refractivity contribution in [2.45, 2.75) is 20.4 Å². The van der Waals surface area contributed by atoms with Crippen LogP contribution in [0.2, 0.25) is 0 Å². The highest BCUT2D eigenvalue weighted by Gasteiger charge is 2.04. The van der Waals surface area contributed by atoms with Crippen LogP contribution in [0.15, 0.2) is 59.1 Å². The largest absolute Gasteiger partial charge is 0.366 e. The fourth-order valence-corrected chi connectivity index (χ4v) is 2.80. The molecule has 0 aliphatic carbocycles. The van der Waals surface area contributed by atoms with E-state index in [2.05, 4.69) is 61.7 Å². The number of anilines is 3. The number of nitrogens with one attached hydrogen (secondary N) is 2. The molecule has 1 aromatic heterocycles. The molecule has 0 aliphatic rings. The SMILES string of the molecule is Cc1cc(NCc2ccccc2C)nc(Nc2cccc(Br)c2)n1. The lowest BCUT2D eigenvalue weighted by atomic mass is 10.1. The third-order valence-corrected chi connectivity index (χ3v) is 4.15. The van der Waals surface area contributed by atoms with Gasteiger partial charge in [0.15, 0.2) is 0 Å². The number of aromatic nitrogens is 2. The van der Waals surface area contributed by atoms with Gasteiger partial charge in [0, 0.05) is 28.5 Å². The van der Waals surface area contributed by atoms with Crippen LogP contribution in [0.5, 0.6) is 0 Å². The molecule has 0 bridgehead atoms. The van der Waals surface area contributed by atoms with Gasteiger partial charge in [0.1, 0.15) is 5.82 Å². The quantitative estimate of drug-likeness (QED) is 0.635. The number of benzene rings is 2. The van der Waals surface area contributed by atoms with E-state index in [0.717, 1.165) is 28.2 Å². The smallest absolute Gasteiger partial charge is 0.229 e. The third kappa shape index (κ3) is 4.32. The minimum absolute atomic E-state index is 0.584. The molecular formula is C19H19BrN4. The van der Waals surface area contributed by atoms with E-state index in [-0.39, 0.29) is 0 Å². The number of nitrogens with zero attached hydrogens (tertiary/aromatic N) is 2. The number of rotatable bonds is 5. The predicted octanol–water partition coefficient (Wildman–Crippen LogP) is 5.21. The Morgan fingerprint density at radius 2 is 1.79 bits per heavy atom. The van der Waals surface area contributed by atoms with E-state index >= 15 is 0 Å². The summed E-state index contributed by atoms with van der Waals surface area (Å²) in [5, 5.41) is 6.62. The maximum atomic E-state index is 4.55. The molecule has 0 unspecified atom stereocenters. The normalized spacial score (nSPS) is 10.5. The standard InChI is InChI=1S/C19H19BrN4/c1-13-6-3-4-7-15(13)12-21-18-10-14(2)22-19(24-18)23-17-9-5-8-16(20)11-17/h3-11H,12H2,1-2H3,(H2,21,22,23,24). The van der Waals surface area contributed by atoms with Crippen LogP contribution in [0, 0.1) is 13.8 Å². The lowest BCUT2D eigenvalue weighted by Crippen LogP contribution is -2.06. The van der Waals surface area contributed by atoms with Crippen LogP contribution in [0.25, 0.3) is 0 Å². The summed E-state index contributed by atoms with van der Waals surface area (Å²) in [6.45, 7) is 4.81. The first-order chi connectivity index (χ1) is 11.6. The zero-order valence-electron chi connectivity index (χ0n) is 13.7. The topological polar surface area (TPSA) is 49.8 Å². The molecule has 0 radical (unpaired) electrons. The monoisotopic (exact) mass is 382 g/mol. The Bertz CT molecular complexity index is 848. The van der Waals surface area contributed by atoms with Crippen LogP contribution >= 0.6 is 15.9 Å². The van der Waals surface area contributed by atoms with Crippen LogP contribution in [-0.2, 0) is 6.54 Å². The van der Waals surface area contributed by atoms with Crippen molar-refractivity contribution in [3.63, 3.8) is 0 Å². The van der Waals surface area contributed by atoms with Gasteiger partial charge in [0.05, 0.1) is 0 Å². The molecule has 4 nitrogen and oxygen atoms in total. The molecule has 0 spiro atoms. The molecular weight excluding hydrogens is 364 g/mol. The van der Waals surface area contributed by atoms with E-state index in [1.165, 1.54) is 11.1 Å². The number of hydrogen-bond acceptors (Lipinski definition) is 4. The Hall–Kier alpha value is -2.40. The Morgan fingerprint density at radius 1 is 0.958 bits per heavy atom. The molecule has 2 aromatic carbocycles. The van der Waals surface area contributed by atoms with Crippen molar-refractivity contribution < 1.29 is 0 Å². The summed E-state index contributed by atoms with van der Waals surface area (Å²) in [6.07, 6.45) is 0. The van der Waals surface area contributed by atoms with Gasteiger partial charge in [-0.05, 0) is 43.2 Å². The van der Waals surface area contributed by atoms with Crippen molar-refractivity contribution in [1.29, 1.82) is 0 Å². The van der Waals surface area contributed by atoms with Crippen molar-refractivity contribution in [1.82, 2.24) is 9.97 Å². The first-order valence-electron chi connectivity index (χ1n) is 7.77. The molecule has 2 N–H and O–H groups in total. The van der Waals surface area contributed by atoms with Gasteiger partial charge in [-0.1, -0.05) is 46.3 Å². The molecule has 0 fully saturated rings. The third-order valence-electron chi connectivity index (χ3n) is 3.66. The molecule has 0 saturated carbocycles. The Morgan fingerprint density at radius 3 is 2.58 bits per heavy atom. The van der Waals surface area contributed by atoms with E-state index in [0.29, 0.717) is 5.95 Å². The highest BCUT2D eigenvalue weighted by Crippen LogP contribution is 2.20. The van der Waals surface area contributed by atoms with Crippen molar-refractivity contribution in [3.05, 3.63) is 75.9 Å². The second kappa shape index (κ2) is 7.45. The van der Waals surface area contributed by atoms with Crippen molar-refractivity contribution in [2.75, 3.05) is 10.6 Å². The average molecular weight is 383 g/mol. The van der Waals surface area contributed by atoms with E-state index in [1.807, 2.05) is 43.3 Å². The fraction of sp³-hybridized carbons (Fsp3) is 0.158. The average Bonchev–Trinajstić information content (AvgIpc) is 2.53. The molecule has 3 aromatic rings. The predicted molar refractivity (Wildman–Crippen MR) is 103 cm³/mol. The molecule has 0 amide bonds. The van der Waals surface area contributed by atoms with Crippen LogP contribution < -0.4 is 10.6 Å². The number of halogens is 1. The summed E-state index contributed by atoms with van der Waals surface area (Å²) >= 11 is 3.47. The lowest BCUT2D eigenvalue weighted by Gasteiger charge is -2.11. The number of aryl methyl sites for hydroxylation is 2. The fourth-order valence-electron chi connectivity index (χ4n) is 2.40. The zero-order valence-corrected chi connectivity index (χ0v) is 15.3. The Labute approximate surface area is 150 Å². The van der Waals surface area contributed by atoms with Gasteiger partial charge in [-0.3, -0.25) is 0 Å². The van der Waals surface area contributed by atoms with Crippen LogP contribution in [0.3, 0.4) is 0 Å². The summed E-state index contributed by atoms with van der Waals surface area (Å²) in [5.74, 6) is 1.39. The number of hydrogen-bond donors (Lipinski definition) is 2. The van der Waals surface area contributed by atoms with Crippen molar-refractivity contribution in [2.24, 2.45) is 0 Å². The molecule has 24 heavy (non-hydrogen) atoms. The Balaban J connectivity index is 1.75. The second-order valence-corrected chi connectivity index (χ2v) is 6.55. The van der Waals surface area contributed by atoms with E-state index in [1.54, 1.807) is 0 Å². The van der Waals surface area contributed by atoms with Gasteiger partial charge >= 0.3 is 0 Å². The van der Waals surface area contributed by atoms with Gasteiger partial charge in [0.25, 0.3) is 0 Å². The minimum atomic E-state index is 0.584. The maximum absolute atomic E-state index is 4.55. The van der Waals surface area contributed by atoms with Gasteiger partial charge < -0.3 is 10.6 Å². The summed E-state index contributed by atoms with van der Waals surface area (Å²) in [7, 11) is 0. The van der Waals surface area contributed by atoms with E-state index in [4.69, 9.17) is 0 Å². The molecule has 122 valence electrons. The first-order valence-corrected chi connectivity index (χ1v) is 8.56. The highest BCUT2D eigenvalue weighted by molar-refractivity contribution is 9.10. The highest BCUT2D eigenvalue weighted by atomic mass is 79.9. The van der Waals surface area contributed by atoms with Crippen LogP contribution in [0.4, 0.5) is 17.5 Å². The maximum Gasteiger partial charge on any atom is 0.229 e. The second-order valence-electron chi connectivity index (χ2n) is 5.63.